The molecule has 1 aromatic rings. The van der Waals surface area contributed by atoms with Crippen molar-refractivity contribution < 1.29 is 8.78 Å². The molecular weight excluding hydrogens is 290 g/mol. The smallest absolute Gasteiger partial charge is 0.254 e. The molecule has 2 aliphatic rings. The van der Waals surface area contributed by atoms with Crippen molar-refractivity contribution in [2.75, 3.05) is 18.0 Å². The maximum atomic E-state index is 13.2. The van der Waals surface area contributed by atoms with Crippen LogP contribution in [0.1, 0.15) is 19.3 Å². The third kappa shape index (κ3) is 1.84. The van der Waals surface area contributed by atoms with E-state index in [1.165, 1.54) is 0 Å². The molecular formula is C12H13BrF2N2. The summed E-state index contributed by atoms with van der Waals surface area (Å²) >= 11 is 3.33. The van der Waals surface area contributed by atoms with E-state index in [2.05, 4.69) is 25.8 Å². The predicted octanol–water partition coefficient (Wildman–Crippen LogP) is 3.47. The molecule has 1 spiro atoms. The number of pyridine rings is 1. The van der Waals surface area contributed by atoms with Crippen LogP contribution in [0.25, 0.3) is 0 Å². The van der Waals surface area contributed by atoms with Crippen molar-refractivity contribution in [1.29, 1.82) is 0 Å². The van der Waals surface area contributed by atoms with Gasteiger partial charge in [0.05, 0.1) is 0 Å². The number of aromatic nitrogens is 1. The van der Waals surface area contributed by atoms with Gasteiger partial charge in [0.2, 0.25) is 0 Å². The Labute approximate surface area is 107 Å². The molecule has 0 N–H and O–H groups in total. The Hall–Kier alpha value is -0.710. The second-order valence-corrected chi connectivity index (χ2v) is 5.90. The number of anilines is 1. The lowest BCUT2D eigenvalue weighted by Crippen LogP contribution is -2.36. The van der Waals surface area contributed by atoms with Crippen LogP contribution >= 0.6 is 15.9 Å². The summed E-state index contributed by atoms with van der Waals surface area (Å²) in [6.45, 7) is 1.37. The molecule has 5 heteroatoms. The molecule has 2 fully saturated rings. The minimum Gasteiger partial charge on any atom is -0.357 e. The summed E-state index contributed by atoms with van der Waals surface area (Å²) in [6.07, 6.45) is 2.99. The summed E-state index contributed by atoms with van der Waals surface area (Å²) in [4.78, 5) is 6.39. The standard InChI is InChI=1S/C12H13BrF2N2/c13-9-1-2-10(16-7-9)17-5-3-11(4-6-17)8-12(11,14)15/h1-2,7H,3-6,8H2. The van der Waals surface area contributed by atoms with Crippen molar-refractivity contribution in [2.24, 2.45) is 5.41 Å². The minimum atomic E-state index is -2.41. The highest BCUT2D eigenvalue weighted by Gasteiger charge is 2.70. The van der Waals surface area contributed by atoms with Crippen molar-refractivity contribution in [3.8, 4) is 0 Å². The molecule has 92 valence electrons. The SMILES string of the molecule is FC1(F)CC12CCN(c1ccc(Br)cn1)CC2. The Bertz CT molecular complexity index is 425. The second kappa shape index (κ2) is 3.64. The number of piperidine rings is 1. The van der Waals surface area contributed by atoms with Crippen LogP contribution in [-0.2, 0) is 0 Å². The van der Waals surface area contributed by atoms with Gasteiger partial charge in [-0.3, -0.25) is 0 Å². The van der Waals surface area contributed by atoms with Gasteiger partial charge in [0.25, 0.3) is 5.92 Å². The lowest BCUT2D eigenvalue weighted by atomic mass is 9.93. The monoisotopic (exact) mass is 302 g/mol. The highest BCUT2D eigenvalue weighted by atomic mass is 79.9. The lowest BCUT2D eigenvalue weighted by molar-refractivity contribution is 0.0536. The summed E-state index contributed by atoms with van der Waals surface area (Å²) < 4.78 is 27.4. The number of nitrogens with zero attached hydrogens (tertiary/aromatic N) is 2. The van der Waals surface area contributed by atoms with Crippen LogP contribution in [0, 0.1) is 5.41 Å². The molecule has 2 nitrogen and oxygen atoms in total. The van der Waals surface area contributed by atoms with Crippen LogP contribution in [0.3, 0.4) is 0 Å². The van der Waals surface area contributed by atoms with Gasteiger partial charge in [-0.1, -0.05) is 0 Å². The van der Waals surface area contributed by atoms with Crippen molar-refractivity contribution in [3.05, 3.63) is 22.8 Å². The highest BCUT2D eigenvalue weighted by molar-refractivity contribution is 9.10. The van der Waals surface area contributed by atoms with Crippen LogP contribution in [0.15, 0.2) is 22.8 Å². The molecule has 0 amide bonds. The molecule has 1 saturated carbocycles. The van der Waals surface area contributed by atoms with Crippen LogP contribution in [-0.4, -0.2) is 24.0 Å². The maximum Gasteiger partial charge on any atom is 0.254 e. The molecule has 0 aromatic carbocycles. The van der Waals surface area contributed by atoms with Crippen molar-refractivity contribution in [3.63, 3.8) is 0 Å². The first-order valence-corrected chi connectivity index (χ1v) is 6.56. The summed E-state index contributed by atoms with van der Waals surface area (Å²) in [6, 6.07) is 3.85. The van der Waals surface area contributed by atoms with Gasteiger partial charge in [0, 0.05) is 35.6 Å². The fourth-order valence-corrected chi connectivity index (χ4v) is 2.88. The van der Waals surface area contributed by atoms with Crippen molar-refractivity contribution in [1.82, 2.24) is 4.98 Å². The van der Waals surface area contributed by atoms with E-state index >= 15 is 0 Å². The zero-order valence-corrected chi connectivity index (χ0v) is 10.9. The second-order valence-electron chi connectivity index (χ2n) is 4.98. The Morgan fingerprint density at radius 3 is 2.35 bits per heavy atom. The van der Waals surface area contributed by atoms with E-state index in [-0.39, 0.29) is 6.42 Å². The largest absolute Gasteiger partial charge is 0.357 e. The summed E-state index contributed by atoms with van der Waals surface area (Å²) in [5.74, 6) is -1.53. The van der Waals surface area contributed by atoms with Gasteiger partial charge in [-0.15, -0.1) is 0 Å². The van der Waals surface area contributed by atoms with Gasteiger partial charge in [-0.2, -0.15) is 0 Å². The van der Waals surface area contributed by atoms with E-state index in [1.54, 1.807) is 6.20 Å². The Morgan fingerprint density at radius 2 is 1.88 bits per heavy atom. The topological polar surface area (TPSA) is 16.1 Å². The molecule has 0 atom stereocenters. The number of rotatable bonds is 1. The first kappa shape index (κ1) is 11.4. The van der Waals surface area contributed by atoms with E-state index in [0.29, 0.717) is 25.9 Å². The number of hydrogen-bond acceptors (Lipinski definition) is 2. The van der Waals surface area contributed by atoms with E-state index < -0.39 is 11.3 Å². The van der Waals surface area contributed by atoms with Gasteiger partial charge in [0.15, 0.2) is 0 Å². The molecule has 2 heterocycles. The molecule has 17 heavy (non-hydrogen) atoms. The number of alkyl halides is 2. The normalized spacial score (nSPS) is 25.0. The van der Waals surface area contributed by atoms with Crippen LogP contribution in [0.4, 0.5) is 14.6 Å². The van der Waals surface area contributed by atoms with Crippen LogP contribution in [0.5, 0.6) is 0 Å². The average Bonchev–Trinajstić information content (AvgIpc) is 2.82. The summed E-state index contributed by atoms with van der Waals surface area (Å²) in [5.41, 5.74) is -0.682. The quantitative estimate of drug-likeness (QED) is 0.790. The molecule has 3 rings (SSSR count). The van der Waals surface area contributed by atoms with Gasteiger partial charge in [0.1, 0.15) is 5.82 Å². The van der Waals surface area contributed by atoms with E-state index in [4.69, 9.17) is 0 Å². The van der Waals surface area contributed by atoms with Gasteiger partial charge in [-0.05, 0) is 40.9 Å². The third-order valence-corrected chi connectivity index (χ3v) is 4.44. The average molecular weight is 303 g/mol. The highest BCUT2D eigenvalue weighted by Crippen LogP contribution is 2.65. The van der Waals surface area contributed by atoms with Gasteiger partial charge in [-0.25, -0.2) is 13.8 Å². The van der Waals surface area contributed by atoms with E-state index in [1.807, 2.05) is 12.1 Å². The molecule has 0 bridgehead atoms. The van der Waals surface area contributed by atoms with Crippen LogP contribution in [0.2, 0.25) is 0 Å². The first-order chi connectivity index (χ1) is 8.02. The Kier molecular flexibility index (Phi) is 2.44. The maximum absolute atomic E-state index is 13.2. The molecule has 1 aliphatic carbocycles. The van der Waals surface area contributed by atoms with Gasteiger partial charge >= 0.3 is 0 Å². The predicted molar refractivity (Wildman–Crippen MR) is 65.4 cm³/mol. The molecule has 1 aromatic heterocycles. The molecule has 0 radical (unpaired) electrons. The zero-order valence-electron chi connectivity index (χ0n) is 9.30. The Morgan fingerprint density at radius 1 is 1.24 bits per heavy atom. The molecule has 0 unspecified atom stereocenters. The van der Waals surface area contributed by atoms with Gasteiger partial charge < -0.3 is 4.90 Å². The first-order valence-electron chi connectivity index (χ1n) is 5.77. The lowest BCUT2D eigenvalue weighted by Gasteiger charge is -2.33. The van der Waals surface area contributed by atoms with Crippen molar-refractivity contribution in [2.45, 2.75) is 25.2 Å². The number of hydrogen-bond donors (Lipinski definition) is 0. The zero-order chi connectivity index (χ0) is 12.1. The Balaban J connectivity index is 1.68. The number of halogens is 3. The van der Waals surface area contributed by atoms with E-state index in [9.17, 15) is 8.78 Å². The molecule has 1 saturated heterocycles. The van der Waals surface area contributed by atoms with Crippen molar-refractivity contribution >= 4 is 21.7 Å². The molecule has 1 aliphatic heterocycles. The van der Waals surface area contributed by atoms with E-state index in [0.717, 1.165) is 10.3 Å². The van der Waals surface area contributed by atoms with Crippen LogP contribution < -0.4 is 4.90 Å². The minimum absolute atomic E-state index is 0.0849. The fraction of sp³-hybridized carbons (Fsp3) is 0.583. The third-order valence-electron chi connectivity index (χ3n) is 3.97. The fourth-order valence-electron chi connectivity index (χ4n) is 2.64. The summed E-state index contributed by atoms with van der Waals surface area (Å²) in [5, 5.41) is 0. The summed E-state index contributed by atoms with van der Waals surface area (Å²) in [7, 11) is 0.